The molecule has 1 amide bonds. The van der Waals surface area contributed by atoms with E-state index in [1.165, 1.54) is 57.6 Å². The summed E-state index contributed by atoms with van der Waals surface area (Å²) in [6, 6.07) is 10.6. The molecule has 1 N–H and O–H groups in total. The van der Waals surface area contributed by atoms with E-state index in [1.807, 2.05) is 0 Å². The largest absolute Gasteiger partial charge is 0.497 e. The molecule has 0 aliphatic carbocycles. The highest BCUT2D eigenvalue weighted by molar-refractivity contribution is 7.92. The molecule has 1 heterocycles. The minimum atomic E-state index is -4.28. The van der Waals surface area contributed by atoms with Crippen LogP contribution in [0, 0.1) is 17.0 Å². The van der Waals surface area contributed by atoms with E-state index in [4.69, 9.17) is 4.74 Å². The Morgan fingerprint density at radius 1 is 1.22 bits per heavy atom. The maximum atomic E-state index is 13.6. The lowest BCUT2D eigenvalue weighted by molar-refractivity contribution is -0.385. The number of rotatable bonds is 12. The summed E-state index contributed by atoms with van der Waals surface area (Å²) in [7, 11) is -2.79. The zero-order chi connectivity index (χ0) is 27.0. The summed E-state index contributed by atoms with van der Waals surface area (Å²) in [5.74, 6) is 0.0753. The summed E-state index contributed by atoms with van der Waals surface area (Å²) in [5.41, 5.74) is 0.290. The van der Waals surface area contributed by atoms with Gasteiger partial charge in [0.25, 0.3) is 15.7 Å². The molecule has 202 valence electrons. The molecule has 2 aromatic carbocycles. The van der Waals surface area contributed by atoms with Gasteiger partial charge in [-0.3, -0.25) is 19.2 Å². The normalized spacial score (nSPS) is 16.2. The van der Waals surface area contributed by atoms with Gasteiger partial charge >= 0.3 is 0 Å². The molecule has 1 aliphatic heterocycles. The molecule has 3 rings (SSSR count). The number of sulfonamides is 1. The summed E-state index contributed by atoms with van der Waals surface area (Å²) in [4.78, 5) is 25.9. The highest BCUT2D eigenvalue weighted by Gasteiger charge is 2.29. The number of aryl methyl sites for hydroxylation is 1. The number of nitrogens with one attached hydrogen (secondary N) is 1. The third-order valence-corrected chi connectivity index (χ3v) is 8.55. The minimum absolute atomic E-state index is 0.248. The molecule has 1 fully saturated rings. The number of amides is 1. The lowest BCUT2D eigenvalue weighted by atomic mass is 10.00. The van der Waals surface area contributed by atoms with Crippen molar-refractivity contribution in [2.45, 2.75) is 56.9 Å². The molecule has 0 bridgehead atoms. The van der Waals surface area contributed by atoms with E-state index in [0.717, 1.165) is 36.3 Å². The van der Waals surface area contributed by atoms with E-state index in [0.29, 0.717) is 23.9 Å². The van der Waals surface area contributed by atoms with E-state index in [2.05, 4.69) is 17.1 Å². The quantitative estimate of drug-likeness (QED) is 0.250. The van der Waals surface area contributed by atoms with Gasteiger partial charge in [0.2, 0.25) is 5.91 Å². The Morgan fingerprint density at radius 2 is 1.95 bits per heavy atom. The van der Waals surface area contributed by atoms with Gasteiger partial charge in [0.15, 0.2) is 0 Å². The molecule has 11 heteroatoms. The van der Waals surface area contributed by atoms with Gasteiger partial charge in [-0.15, -0.1) is 0 Å². The van der Waals surface area contributed by atoms with Gasteiger partial charge in [-0.05, 0) is 69.5 Å². The fourth-order valence-electron chi connectivity index (χ4n) is 4.65. The number of anilines is 1. The van der Waals surface area contributed by atoms with Gasteiger partial charge < -0.3 is 15.0 Å². The van der Waals surface area contributed by atoms with E-state index in [9.17, 15) is 23.3 Å². The molecule has 37 heavy (non-hydrogen) atoms. The van der Waals surface area contributed by atoms with Gasteiger partial charge in [-0.1, -0.05) is 19.4 Å². The van der Waals surface area contributed by atoms with Crippen LogP contribution in [0.25, 0.3) is 0 Å². The van der Waals surface area contributed by atoms with Crippen LogP contribution in [0.3, 0.4) is 0 Å². The Morgan fingerprint density at radius 3 is 2.59 bits per heavy atom. The summed E-state index contributed by atoms with van der Waals surface area (Å²) in [6.07, 6.45) is 5.52. The lowest BCUT2D eigenvalue weighted by Crippen LogP contribution is -2.43. The minimum Gasteiger partial charge on any atom is -0.497 e. The van der Waals surface area contributed by atoms with Crippen molar-refractivity contribution in [3.8, 4) is 5.75 Å². The molecule has 0 radical (unpaired) electrons. The van der Waals surface area contributed by atoms with Crippen molar-refractivity contribution in [1.29, 1.82) is 0 Å². The molecule has 0 aromatic heterocycles. The number of benzene rings is 2. The predicted octanol–water partition coefficient (Wildman–Crippen LogP) is 3.88. The van der Waals surface area contributed by atoms with Crippen molar-refractivity contribution in [3.05, 3.63) is 58.1 Å². The highest BCUT2D eigenvalue weighted by atomic mass is 32.2. The first-order valence-corrected chi connectivity index (χ1v) is 14.0. The number of likely N-dealkylation sites (tertiary alicyclic amines) is 1. The Balaban J connectivity index is 1.75. The molecular formula is C26H36N4O6S. The van der Waals surface area contributed by atoms with Crippen molar-refractivity contribution in [2.75, 3.05) is 37.6 Å². The van der Waals surface area contributed by atoms with Crippen molar-refractivity contribution in [3.63, 3.8) is 0 Å². The first-order valence-electron chi connectivity index (χ1n) is 12.6. The Hall–Kier alpha value is -3.18. The van der Waals surface area contributed by atoms with Gasteiger partial charge in [-0.2, -0.15) is 0 Å². The number of ether oxygens (including phenoxy) is 1. The first kappa shape index (κ1) is 28.4. The smallest absolute Gasteiger partial charge is 0.273 e. The van der Waals surface area contributed by atoms with Gasteiger partial charge in [-0.25, -0.2) is 8.42 Å². The number of hydrogen-bond acceptors (Lipinski definition) is 7. The van der Waals surface area contributed by atoms with Crippen LogP contribution in [0.2, 0.25) is 0 Å². The van der Waals surface area contributed by atoms with Crippen molar-refractivity contribution in [1.82, 2.24) is 10.2 Å². The van der Waals surface area contributed by atoms with Crippen LogP contribution >= 0.6 is 0 Å². The number of nitro groups is 1. The monoisotopic (exact) mass is 532 g/mol. The van der Waals surface area contributed by atoms with Gasteiger partial charge in [0, 0.05) is 30.8 Å². The van der Waals surface area contributed by atoms with E-state index in [-0.39, 0.29) is 16.3 Å². The summed E-state index contributed by atoms with van der Waals surface area (Å²) in [5, 5.41) is 14.2. The molecule has 0 spiro atoms. The second kappa shape index (κ2) is 12.9. The Labute approximate surface area is 218 Å². The van der Waals surface area contributed by atoms with Crippen LogP contribution in [0.15, 0.2) is 47.4 Å². The second-order valence-electron chi connectivity index (χ2n) is 9.21. The number of carbonyl (C=O) groups excluding carboxylic acids is 1. The third kappa shape index (κ3) is 7.20. The standard InChI is InChI=1S/C26H36N4O6S/c1-4-21-8-5-6-16-28(21)17-7-15-27-26(31)19-29(22-10-12-23(36-3)13-11-22)37(34,35)24-14-9-20(2)25(18-24)30(32)33/h9-14,18,21H,4-8,15-17,19H2,1-3H3,(H,27,31). The summed E-state index contributed by atoms with van der Waals surface area (Å²) < 4.78 is 33.3. The molecule has 1 atom stereocenters. The highest BCUT2D eigenvalue weighted by Crippen LogP contribution is 2.29. The average molecular weight is 533 g/mol. The number of methoxy groups -OCH3 is 1. The van der Waals surface area contributed by atoms with E-state index >= 15 is 0 Å². The van der Waals surface area contributed by atoms with Crippen LogP contribution < -0.4 is 14.4 Å². The fourth-order valence-corrected chi connectivity index (χ4v) is 6.09. The molecule has 10 nitrogen and oxygen atoms in total. The number of hydrogen-bond donors (Lipinski definition) is 1. The number of nitro benzene ring substituents is 1. The zero-order valence-corrected chi connectivity index (χ0v) is 22.5. The van der Waals surface area contributed by atoms with Crippen LogP contribution in [0.5, 0.6) is 5.75 Å². The van der Waals surface area contributed by atoms with Crippen LogP contribution in [0.1, 0.15) is 44.6 Å². The van der Waals surface area contributed by atoms with Crippen molar-refractivity contribution >= 4 is 27.3 Å². The van der Waals surface area contributed by atoms with Crippen molar-refractivity contribution in [2.24, 2.45) is 0 Å². The van der Waals surface area contributed by atoms with Crippen LogP contribution in [0.4, 0.5) is 11.4 Å². The average Bonchev–Trinajstić information content (AvgIpc) is 2.90. The topological polar surface area (TPSA) is 122 Å². The number of nitrogens with zero attached hydrogens (tertiary/aromatic N) is 3. The lowest BCUT2D eigenvalue weighted by Gasteiger charge is -2.35. The maximum Gasteiger partial charge on any atom is 0.273 e. The predicted molar refractivity (Wildman–Crippen MR) is 142 cm³/mol. The molecule has 1 aliphatic rings. The number of piperidine rings is 1. The van der Waals surface area contributed by atoms with Crippen LogP contribution in [-0.2, 0) is 14.8 Å². The van der Waals surface area contributed by atoms with Crippen molar-refractivity contribution < 1.29 is 22.9 Å². The Kier molecular flexibility index (Phi) is 9.87. The van der Waals surface area contributed by atoms with Crippen LogP contribution in [-0.4, -0.2) is 63.5 Å². The molecule has 0 saturated carbocycles. The van der Waals surface area contributed by atoms with Gasteiger partial charge in [0.05, 0.1) is 22.6 Å². The first-order chi connectivity index (χ1) is 17.7. The SMILES string of the molecule is CCC1CCCCN1CCCNC(=O)CN(c1ccc(OC)cc1)S(=O)(=O)c1ccc(C)c([N+](=O)[O-])c1. The Bertz CT molecular complexity index is 1190. The van der Waals surface area contributed by atoms with E-state index < -0.39 is 27.4 Å². The molecule has 1 unspecified atom stereocenters. The molecular weight excluding hydrogens is 496 g/mol. The number of carbonyl (C=O) groups is 1. The second-order valence-corrected chi connectivity index (χ2v) is 11.1. The third-order valence-electron chi connectivity index (χ3n) is 6.78. The molecule has 1 saturated heterocycles. The zero-order valence-electron chi connectivity index (χ0n) is 21.7. The summed E-state index contributed by atoms with van der Waals surface area (Å²) in [6.45, 7) is 5.65. The summed E-state index contributed by atoms with van der Waals surface area (Å²) >= 11 is 0. The maximum absolute atomic E-state index is 13.6. The fraction of sp³-hybridized carbons (Fsp3) is 0.500. The van der Waals surface area contributed by atoms with E-state index in [1.54, 1.807) is 12.1 Å². The molecule has 2 aromatic rings. The van der Waals surface area contributed by atoms with Gasteiger partial charge in [0.1, 0.15) is 12.3 Å².